The molecule has 116 valence electrons. The molecule has 2 aromatic heterocycles. The van der Waals surface area contributed by atoms with E-state index in [1.54, 1.807) is 6.07 Å². The van der Waals surface area contributed by atoms with E-state index in [-0.39, 0.29) is 18.0 Å². The number of fused-ring (bicyclic) bond motifs is 1. The molecule has 0 saturated heterocycles. The van der Waals surface area contributed by atoms with Crippen LogP contribution in [0, 0.1) is 6.92 Å². The number of aromatic nitrogens is 4. The minimum absolute atomic E-state index is 0.106. The molecule has 2 aromatic rings. The molecule has 1 aliphatic carbocycles. The van der Waals surface area contributed by atoms with Gasteiger partial charge in [0, 0.05) is 6.07 Å². The summed E-state index contributed by atoms with van der Waals surface area (Å²) < 4.78 is 1.23. The van der Waals surface area contributed by atoms with Crippen molar-refractivity contribution in [2.75, 3.05) is 5.32 Å². The molecule has 1 amide bonds. The zero-order chi connectivity index (χ0) is 15.5. The van der Waals surface area contributed by atoms with Gasteiger partial charge in [0.15, 0.2) is 0 Å². The van der Waals surface area contributed by atoms with Crippen molar-refractivity contribution in [3.63, 3.8) is 0 Å². The summed E-state index contributed by atoms with van der Waals surface area (Å²) in [4.78, 5) is 24.1. The van der Waals surface area contributed by atoms with Gasteiger partial charge >= 0.3 is 0 Å². The number of nitrogens with zero attached hydrogens (tertiary/aromatic N) is 4. The Morgan fingerprint density at radius 1 is 1.32 bits per heavy atom. The maximum Gasteiger partial charge on any atom is 0.267 e. The molecule has 0 spiro atoms. The Morgan fingerprint density at radius 3 is 2.91 bits per heavy atom. The maximum absolute atomic E-state index is 12.1. The third kappa shape index (κ3) is 3.38. The van der Waals surface area contributed by atoms with Gasteiger partial charge in [-0.2, -0.15) is 5.10 Å². The number of rotatable bonds is 3. The lowest BCUT2D eigenvalue weighted by Gasteiger charge is -2.09. The molecule has 0 bridgehead atoms. The molecule has 1 N–H and O–H groups in total. The molecule has 0 fully saturated rings. The van der Waals surface area contributed by atoms with E-state index in [4.69, 9.17) is 0 Å². The lowest BCUT2D eigenvalue weighted by Crippen LogP contribution is -2.30. The Kier molecular flexibility index (Phi) is 4.28. The Morgan fingerprint density at radius 2 is 2.14 bits per heavy atom. The molecule has 0 radical (unpaired) electrons. The van der Waals surface area contributed by atoms with Crippen molar-refractivity contribution in [3.8, 4) is 0 Å². The molecule has 1 aliphatic rings. The summed E-state index contributed by atoms with van der Waals surface area (Å²) in [6, 6.07) is 1.62. The van der Waals surface area contributed by atoms with Crippen molar-refractivity contribution in [2.24, 2.45) is 0 Å². The van der Waals surface area contributed by atoms with Gasteiger partial charge < -0.3 is 0 Å². The van der Waals surface area contributed by atoms with Crippen molar-refractivity contribution in [1.82, 2.24) is 20.0 Å². The molecular formula is C14H17N5O2S. The fourth-order valence-electron chi connectivity index (χ4n) is 2.53. The maximum atomic E-state index is 12.1. The highest BCUT2D eigenvalue weighted by atomic mass is 32.1. The van der Waals surface area contributed by atoms with Crippen molar-refractivity contribution < 1.29 is 4.79 Å². The average Bonchev–Trinajstić information content (AvgIpc) is 2.74. The highest BCUT2D eigenvalue weighted by molar-refractivity contribution is 7.15. The van der Waals surface area contributed by atoms with Crippen LogP contribution in [0.1, 0.15) is 35.5 Å². The number of hydrogen-bond donors (Lipinski definition) is 1. The Labute approximate surface area is 131 Å². The van der Waals surface area contributed by atoms with Crippen LogP contribution in [0.25, 0.3) is 0 Å². The van der Waals surface area contributed by atoms with Crippen LogP contribution in [0.4, 0.5) is 5.13 Å². The van der Waals surface area contributed by atoms with Crippen LogP contribution in [-0.4, -0.2) is 25.9 Å². The molecule has 0 aromatic carbocycles. The number of anilines is 1. The Balaban J connectivity index is 1.75. The van der Waals surface area contributed by atoms with E-state index in [0.717, 1.165) is 48.4 Å². The number of nitrogens with one attached hydrogen (secondary N) is 1. The van der Waals surface area contributed by atoms with E-state index in [9.17, 15) is 9.59 Å². The minimum atomic E-state index is -0.320. The standard InChI is InChI=1S/C14H17N5O2S/c1-9-16-17-14(22-9)15-12(20)8-19-13(21)7-10-5-3-2-4-6-11(10)18-19/h7H,2-6,8H2,1H3,(H,15,17,20). The lowest BCUT2D eigenvalue weighted by molar-refractivity contribution is -0.117. The number of aryl methyl sites for hydroxylation is 3. The zero-order valence-corrected chi connectivity index (χ0v) is 13.2. The molecule has 0 atom stereocenters. The largest absolute Gasteiger partial charge is 0.299 e. The first-order valence-corrected chi connectivity index (χ1v) is 8.13. The van der Waals surface area contributed by atoms with Gasteiger partial charge in [-0.3, -0.25) is 14.9 Å². The Bertz CT molecular complexity index is 752. The number of amides is 1. The van der Waals surface area contributed by atoms with Gasteiger partial charge in [0.1, 0.15) is 11.6 Å². The Hall–Kier alpha value is -2.09. The quantitative estimate of drug-likeness (QED) is 0.862. The number of carbonyl (C=O) groups is 1. The van der Waals surface area contributed by atoms with Gasteiger partial charge in [0.05, 0.1) is 5.69 Å². The van der Waals surface area contributed by atoms with Gasteiger partial charge in [-0.15, -0.1) is 10.2 Å². The van der Waals surface area contributed by atoms with Gasteiger partial charge in [-0.05, 0) is 38.2 Å². The van der Waals surface area contributed by atoms with Gasteiger partial charge in [0.2, 0.25) is 11.0 Å². The van der Waals surface area contributed by atoms with Crippen LogP contribution >= 0.6 is 11.3 Å². The van der Waals surface area contributed by atoms with Crippen LogP contribution in [0.15, 0.2) is 10.9 Å². The number of carbonyl (C=O) groups excluding carboxylic acids is 1. The molecule has 0 saturated carbocycles. The highest BCUT2D eigenvalue weighted by Gasteiger charge is 2.14. The topological polar surface area (TPSA) is 89.8 Å². The highest BCUT2D eigenvalue weighted by Crippen LogP contribution is 2.17. The van der Waals surface area contributed by atoms with Gasteiger partial charge in [-0.1, -0.05) is 17.8 Å². The first kappa shape index (κ1) is 14.8. The van der Waals surface area contributed by atoms with E-state index in [0.29, 0.717) is 5.13 Å². The van der Waals surface area contributed by atoms with Crippen molar-refractivity contribution in [3.05, 3.63) is 32.7 Å². The predicted octanol–water partition coefficient (Wildman–Crippen LogP) is 1.31. The first-order chi connectivity index (χ1) is 10.6. The molecule has 2 heterocycles. The second-order valence-electron chi connectivity index (χ2n) is 5.35. The molecule has 22 heavy (non-hydrogen) atoms. The summed E-state index contributed by atoms with van der Waals surface area (Å²) in [5.74, 6) is -0.320. The molecule has 8 heteroatoms. The van der Waals surface area contributed by atoms with Crippen molar-refractivity contribution in [1.29, 1.82) is 0 Å². The molecule has 0 aliphatic heterocycles. The first-order valence-electron chi connectivity index (χ1n) is 7.32. The minimum Gasteiger partial charge on any atom is -0.299 e. The van der Waals surface area contributed by atoms with Crippen LogP contribution in [0.5, 0.6) is 0 Å². The monoisotopic (exact) mass is 319 g/mol. The van der Waals surface area contributed by atoms with E-state index in [1.807, 2.05) is 6.92 Å². The average molecular weight is 319 g/mol. The third-order valence-electron chi connectivity index (χ3n) is 3.59. The SMILES string of the molecule is Cc1nnc(NC(=O)Cn2nc3c(cc2=O)CCCCC3)s1. The number of hydrogen-bond acceptors (Lipinski definition) is 6. The molecule has 7 nitrogen and oxygen atoms in total. The van der Waals surface area contributed by atoms with Crippen LogP contribution < -0.4 is 10.9 Å². The molecule has 3 rings (SSSR count). The normalized spacial score (nSPS) is 14.2. The summed E-state index contributed by atoms with van der Waals surface area (Å²) in [7, 11) is 0. The zero-order valence-electron chi connectivity index (χ0n) is 12.3. The lowest BCUT2D eigenvalue weighted by atomic mass is 10.1. The summed E-state index contributed by atoms with van der Waals surface area (Å²) in [5.41, 5.74) is 1.74. The summed E-state index contributed by atoms with van der Waals surface area (Å²) in [6.45, 7) is 1.70. The van der Waals surface area contributed by atoms with Crippen LogP contribution in [0.2, 0.25) is 0 Å². The van der Waals surface area contributed by atoms with Gasteiger partial charge in [0.25, 0.3) is 5.56 Å². The smallest absolute Gasteiger partial charge is 0.267 e. The summed E-state index contributed by atoms with van der Waals surface area (Å²) in [5, 5.41) is 15.9. The predicted molar refractivity (Wildman–Crippen MR) is 83.0 cm³/mol. The van der Waals surface area contributed by atoms with Crippen LogP contribution in [0.3, 0.4) is 0 Å². The molecular weight excluding hydrogens is 302 g/mol. The third-order valence-corrected chi connectivity index (χ3v) is 4.34. The fraction of sp³-hybridized carbons (Fsp3) is 0.500. The molecule has 0 unspecified atom stereocenters. The second-order valence-corrected chi connectivity index (χ2v) is 6.53. The summed E-state index contributed by atoms with van der Waals surface area (Å²) >= 11 is 1.29. The van der Waals surface area contributed by atoms with Gasteiger partial charge in [-0.25, -0.2) is 4.68 Å². The van der Waals surface area contributed by atoms with Crippen molar-refractivity contribution >= 4 is 22.4 Å². The van der Waals surface area contributed by atoms with Crippen LogP contribution in [-0.2, 0) is 24.2 Å². The fourth-order valence-corrected chi connectivity index (χ4v) is 3.14. The second kappa shape index (κ2) is 6.35. The summed E-state index contributed by atoms with van der Waals surface area (Å²) in [6.07, 6.45) is 5.09. The van der Waals surface area contributed by atoms with E-state index >= 15 is 0 Å². The van der Waals surface area contributed by atoms with Crippen molar-refractivity contribution in [2.45, 2.75) is 45.6 Å². The van der Waals surface area contributed by atoms with E-state index in [2.05, 4.69) is 20.6 Å². The van der Waals surface area contributed by atoms with E-state index in [1.165, 1.54) is 16.0 Å². The van der Waals surface area contributed by atoms with E-state index < -0.39 is 0 Å².